The van der Waals surface area contributed by atoms with Gasteiger partial charge >= 0.3 is 0 Å². The van der Waals surface area contributed by atoms with E-state index in [4.69, 9.17) is 4.74 Å². The molecule has 5 heteroatoms. The van der Waals surface area contributed by atoms with E-state index in [0.29, 0.717) is 26.1 Å². The first kappa shape index (κ1) is 19.0. The number of ether oxygens (including phenoxy) is 1. The fraction of sp³-hybridized carbons (Fsp3) is 0.556. The summed E-state index contributed by atoms with van der Waals surface area (Å²) in [6.45, 7) is 7.25. The minimum Gasteiger partial charge on any atom is -0.494 e. The molecule has 23 heavy (non-hydrogen) atoms. The van der Waals surface area contributed by atoms with Gasteiger partial charge in [0.1, 0.15) is 5.75 Å². The zero-order valence-electron chi connectivity index (χ0n) is 14.4. The van der Waals surface area contributed by atoms with Crippen LogP contribution in [0.5, 0.6) is 5.75 Å². The van der Waals surface area contributed by atoms with Crippen LogP contribution in [-0.2, 0) is 9.59 Å². The number of amides is 2. The first-order valence-corrected chi connectivity index (χ1v) is 8.36. The molecule has 0 aliphatic carbocycles. The number of nitrogens with one attached hydrogen (secondary N) is 1. The summed E-state index contributed by atoms with van der Waals surface area (Å²) in [5, 5.41) is 2.89. The highest BCUT2D eigenvalue weighted by Crippen LogP contribution is 2.20. The van der Waals surface area contributed by atoms with Crippen LogP contribution in [0.3, 0.4) is 0 Å². The molecular weight excluding hydrogens is 292 g/mol. The molecule has 0 aliphatic heterocycles. The smallest absolute Gasteiger partial charge is 0.223 e. The predicted molar refractivity (Wildman–Crippen MR) is 92.8 cm³/mol. The molecule has 0 fully saturated rings. The van der Waals surface area contributed by atoms with E-state index >= 15 is 0 Å². The summed E-state index contributed by atoms with van der Waals surface area (Å²) in [6.07, 6.45) is 3.55. The molecule has 0 spiro atoms. The summed E-state index contributed by atoms with van der Waals surface area (Å²) < 4.78 is 5.40. The maximum Gasteiger partial charge on any atom is 0.223 e. The first-order valence-electron chi connectivity index (χ1n) is 8.36. The second-order valence-electron chi connectivity index (χ2n) is 5.40. The number of anilines is 1. The third-order valence-corrected chi connectivity index (χ3v) is 3.50. The Labute approximate surface area is 139 Å². The molecule has 0 radical (unpaired) electrons. The van der Waals surface area contributed by atoms with E-state index in [1.54, 1.807) is 4.90 Å². The molecule has 2 amide bonds. The molecule has 0 unspecified atom stereocenters. The molecule has 0 bridgehead atoms. The summed E-state index contributed by atoms with van der Waals surface area (Å²) in [5.41, 5.74) is 0.778. The summed E-state index contributed by atoms with van der Waals surface area (Å²) >= 11 is 0. The minimum atomic E-state index is -0.0760. The van der Waals surface area contributed by atoms with Gasteiger partial charge in [-0.3, -0.25) is 9.59 Å². The molecule has 1 aromatic rings. The topological polar surface area (TPSA) is 58.6 Å². The molecule has 1 aromatic carbocycles. The van der Waals surface area contributed by atoms with Crippen molar-refractivity contribution in [3.05, 3.63) is 24.3 Å². The second kappa shape index (κ2) is 10.6. The van der Waals surface area contributed by atoms with Gasteiger partial charge in [0, 0.05) is 32.1 Å². The quantitative estimate of drug-likeness (QED) is 0.674. The number of carbonyl (C=O) groups is 2. The van der Waals surface area contributed by atoms with Crippen molar-refractivity contribution in [2.24, 2.45) is 0 Å². The van der Waals surface area contributed by atoms with Gasteiger partial charge < -0.3 is 15.0 Å². The van der Waals surface area contributed by atoms with E-state index in [9.17, 15) is 9.59 Å². The zero-order chi connectivity index (χ0) is 17.1. The zero-order valence-corrected chi connectivity index (χ0v) is 14.4. The van der Waals surface area contributed by atoms with Gasteiger partial charge in [0.05, 0.1) is 6.61 Å². The number of rotatable bonds is 10. The third kappa shape index (κ3) is 7.17. The van der Waals surface area contributed by atoms with Crippen molar-refractivity contribution in [2.75, 3.05) is 24.6 Å². The third-order valence-electron chi connectivity index (χ3n) is 3.50. The van der Waals surface area contributed by atoms with Gasteiger partial charge in [0.2, 0.25) is 11.8 Å². The fourth-order valence-corrected chi connectivity index (χ4v) is 2.26. The van der Waals surface area contributed by atoms with Crippen molar-refractivity contribution in [3.63, 3.8) is 0 Å². The number of benzene rings is 1. The van der Waals surface area contributed by atoms with Crippen molar-refractivity contribution < 1.29 is 14.3 Å². The Morgan fingerprint density at radius 2 is 1.83 bits per heavy atom. The number of hydrogen-bond donors (Lipinski definition) is 1. The lowest BCUT2D eigenvalue weighted by molar-refractivity contribution is -0.121. The summed E-state index contributed by atoms with van der Waals surface area (Å²) in [7, 11) is 0. The molecule has 0 atom stereocenters. The van der Waals surface area contributed by atoms with Crippen LogP contribution in [0.15, 0.2) is 24.3 Å². The Balaban J connectivity index is 2.51. The van der Waals surface area contributed by atoms with Gasteiger partial charge in [-0.05, 0) is 37.6 Å². The van der Waals surface area contributed by atoms with Crippen molar-refractivity contribution in [3.8, 4) is 5.75 Å². The van der Waals surface area contributed by atoms with Gasteiger partial charge in [-0.1, -0.05) is 19.8 Å². The molecule has 0 saturated carbocycles. The highest BCUT2D eigenvalue weighted by Gasteiger charge is 2.13. The lowest BCUT2D eigenvalue weighted by Gasteiger charge is -2.21. The maximum atomic E-state index is 11.8. The SMILES string of the molecule is CCCCCNC(=O)CCN(C(C)=O)c1ccc(OCC)cc1. The van der Waals surface area contributed by atoms with Crippen molar-refractivity contribution in [2.45, 2.75) is 46.5 Å². The molecule has 5 nitrogen and oxygen atoms in total. The van der Waals surface area contributed by atoms with Crippen LogP contribution in [0, 0.1) is 0 Å². The number of unbranched alkanes of at least 4 members (excludes halogenated alkanes) is 2. The van der Waals surface area contributed by atoms with E-state index in [0.717, 1.165) is 30.7 Å². The molecule has 0 aliphatic rings. The van der Waals surface area contributed by atoms with Crippen molar-refractivity contribution in [1.82, 2.24) is 5.32 Å². The van der Waals surface area contributed by atoms with E-state index in [-0.39, 0.29) is 11.8 Å². The Hall–Kier alpha value is -2.04. The standard InChI is InChI=1S/C18H28N2O3/c1-4-6-7-13-19-18(22)12-14-20(15(3)21)16-8-10-17(11-9-16)23-5-2/h8-11H,4-7,12-14H2,1-3H3,(H,19,22). The van der Waals surface area contributed by atoms with Crippen LogP contribution in [0.2, 0.25) is 0 Å². The monoisotopic (exact) mass is 320 g/mol. The Bertz CT molecular complexity index is 486. The largest absolute Gasteiger partial charge is 0.494 e. The van der Waals surface area contributed by atoms with Crippen LogP contribution >= 0.6 is 0 Å². The van der Waals surface area contributed by atoms with Gasteiger partial charge in [-0.25, -0.2) is 0 Å². The lowest BCUT2D eigenvalue weighted by atomic mass is 10.2. The summed E-state index contributed by atoms with van der Waals surface area (Å²) in [5.74, 6) is 0.680. The molecule has 1 N–H and O–H groups in total. The highest BCUT2D eigenvalue weighted by atomic mass is 16.5. The fourth-order valence-electron chi connectivity index (χ4n) is 2.26. The summed E-state index contributed by atoms with van der Waals surface area (Å²) in [4.78, 5) is 25.3. The molecular formula is C18H28N2O3. The van der Waals surface area contributed by atoms with Gasteiger partial charge in [0.15, 0.2) is 0 Å². The Morgan fingerprint density at radius 3 is 2.39 bits per heavy atom. The molecule has 0 aromatic heterocycles. The summed E-state index contributed by atoms with van der Waals surface area (Å²) in [6, 6.07) is 7.34. The van der Waals surface area contributed by atoms with E-state index < -0.39 is 0 Å². The average molecular weight is 320 g/mol. The number of carbonyl (C=O) groups excluding carboxylic acids is 2. The van der Waals surface area contributed by atoms with Gasteiger partial charge in [0.25, 0.3) is 0 Å². The predicted octanol–water partition coefficient (Wildman–Crippen LogP) is 3.13. The normalized spacial score (nSPS) is 10.2. The molecule has 1 rings (SSSR count). The van der Waals surface area contributed by atoms with Crippen LogP contribution in [0.25, 0.3) is 0 Å². The maximum absolute atomic E-state index is 11.8. The van der Waals surface area contributed by atoms with Gasteiger partial charge in [-0.2, -0.15) is 0 Å². The van der Waals surface area contributed by atoms with Gasteiger partial charge in [-0.15, -0.1) is 0 Å². The molecule has 0 saturated heterocycles. The molecule has 0 heterocycles. The lowest BCUT2D eigenvalue weighted by Crippen LogP contribution is -2.34. The van der Waals surface area contributed by atoms with Crippen molar-refractivity contribution in [1.29, 1.82) is 0 Å². The first-order chi connectivity index (χ1) is 11.1. The van der Waals surface area contributed by atoms with E-state index in [2.05, 4.69) is 12.2 Å². The molecule has 128 valence electrons. The number of nitrogens with zero attached hydrogens (tertiary/aromatic N) is 1. The average Bonchev–Trinajstić information content (AvgIpc) is 2.53. The number of hydrogen-bond acceptors (Lipinski definition) is 3. The Morgan fingerprint density at radius 1 is 1.13 bits per heavy atom. The van der Waals surface area contributed by atoms with Crippen LogP contribution in [0.1, 0.15) is 46.5 Å². The van der Waals surface area contributed by atoms with Crippen LogP contribution < -0.4 is 15.0 Å². The van der Waals surface area contributed by atoms with Crippen molar-refractivity contribution >= 4 is 17.5 Å². The van der Waals surface area contributed by atoms with Crippen LogP contribution in [-0.4, -0.2) is 31.5 Å². The minimum absolute atomic E-state index is 0.0155. The van der Waals surface area contributed by atoms with E-state index in [1.165, 1.54) is 6.92 Å². The van der Waals surface area contributed by atoms with Crippen LogP contribution in [0.4, 0.5) is 5.69 Å². The Kier molecular flexibility index (Phi) is 8.80. The van der Waals surface area contributed by atoms with E-state index in [1.807, 2.05) is 31.2 Å². The second-order valence-corrected chi connectivity index (χ2v) is 5.40. The highest BCUT2D eigenvalue weighted by molar-refractivity contribution is 5.92.